The Morgan fingerprint density at radius 3 is 2.14 bits per heavy atom. The van der Waals surface area contributed by atoms with E-state index in [1.165, 1.54) is 6.08 Å². The summed E-state index contributed by atoms with van der Waals surface area (Å²) >= 11 is 1.55. The Morgan fingerprint density at radius 2 is 1.52 bits per heavy atom. The molecule has 0 radical (unpaired) electrons. The zero-order chi connectivity index (χ0) is 32.2. The van der Waals surface area contributed by atoms with E-state index in [4.69, 9.17) is 9.47 Å². The van der Waals surface area contributed by atoms with Gasteiger partial charge in [0.2, 0.25) is 11.8 Å². The van der Waals surface area contributed by atoms with E-state index in [9.17, 15) is 24.3 Å². The summed E-state index contributed by atoms with van der Waals surface area (Å²) in [6, 6.07) is 16.9. The average molecular weight is 626 g/mol. The monoisotopic (exact) mass is 625 g/mol. The minimum atomic E-state index is -1.03. The van der Waals surface area contributed by atoms with E-state index < -0.39 is 36.1 Å². The van der Waals surface area contributed by atoms with Crippen molar-refractivity contribution in [3.05, 3.63) is 97.1 Å². The number of amides is 3. The Morgan fingerprint density at radius 1 is 0.886 bits per heavy atom. The molecule has 0 unspecified atom stereocenters. The van der Waals surface area contributed by atoms with Crippen LogP contribution in [0.2, 0.25) is 0 Å². The number of esters is 1. The predicted molar refractivity (Wildman–Crippen MR) is 171 cm³/mol. The number of benzene rings is 2. The lowest BCUT2D eigenvalue weighted by molar-refractivity contribution is -0.147. The number of aliphatic hydroxyl groups is 1. The third-order valence-corrected chi connectivity index (χ3v) is 7.51. The Labute approximate surface area is 263 Å². The SMILES string of the molecule is C=CC[C@@H](CC(=O)N[C@H](C)CO)C(=O)N[C@H](COC(=O)[C@@H](CC=C)NC(=O)OCc1ccccc1)CSCc1ccccc1. The van der Waals surface area contributed by atoms with Crippen molar-refractivity contribution in [1.29, 1.82) is 0 Å². The van der Waals surface area contributed by atoms with E-state index in [2.05, 4.69) is 29.1 Å². The molecular weight excluding hydrogens is 582 g/mol. The number of alkyl carbamates (subject to hydrolysis) is 1. The zero-order valence-corrected chi connectivity index (χ0v) is 25.9. The number of aliphatic hydroxyl groups excluding tert-OH is 1. The van der Waals surface area contributed by atoms with Crippen LogP contribution in [0.4, 0.5) is 4.79 Å². The number of thioether (sulfide) groups is 1. The summed E-state index contributed by atoms with van der Waals surface area (Å²) in [6.07, 6.45) is 2.55. The second-order valence-corrected chi connectivity index (χ2v) is 11.2. The first-order valence-electron chi connectivity index (χ1n) is 14.4. The summed E-state index contributed by atoms with van der Waals surface area (Å²) in [5.41, 5.74) is 1.90. The highest BCUT2D eigenvalue weighted by atomic mass is 32.2. The van der Waals surface area contributed by atoms with Gasteiger partial charge >= 0.3 is 12.1 Å². The van der Waals surface area contributed by atoms with Crippen LogP contribution in [0.15, 0.2) is 86.0 Å². The molecule has 0 aliphatic heterocycles. The molecule has 0 bridgehead atoms. The number of hydrogen-bond acceptors (Lipinski definition) is 8. The molecule has 44 heavy (non-hydrogen) atoms. The van der Waals surface area contributed by atoms with Crippen LogP contribution in [0.1, 0.15) is 37.3 Å². The zero-order valence-electron chi connectivity index (χ0n) is 25.1. The third kappa shape index (κ3) is 14.4. The van der Waals surface area contributed by atoms with Gasteiger partial charge in [-0.15, -0.1) is 13.2 Å². The number of nitrogens with one attached hydrogen (secondary N) is 3. The lowest BCUT2D eigenvalue weighted by Gasteiger charge is -2.23. The molecule has 0 spiro atoms. The molecule has 0 aromatic heterocycles. The summed E-state index contributed by atoms with van der Waals surface area (Å²) in [5, 5.41) is 17.3. The number of carbonyl (C=O) groups is 4. The van der Waals surface area contributed by atoms with Crippen molar-refractivity contribution in [1.82, 2.24) is 16.0 Å². The quantitative estimate of drug-likeness (QED) is 0.128. The average Bonchev–Trinajstić information content (AvgIpc) is 3.02. The highest BCUT2D eigenvalue weighted by Gasteiger charge is 2.27. The van der Waals surface area contributed by atoms with E-state index in [0.29, 0.717) is 11.5 Å². The molecule has 0 fully saturated rings. The maximum absolute atomic E-state index is 13.3. The fraction of sp³-hybridized carbons (Fsp3) is 0.394. The van der Waals surface area contributed by atoms with E-state index in [0.717, 1.165) is 11.1 Å². The van der Waals surface area contributed by atoms with Crippen LogP contribution in [0.25, 0.3) is 0 Å². The van der Waals surface area contributed by atoms with Crippen LogP contribution >= 0.6 is 11.8 Å². The number of hydrogen-bond donors (Lipinski definition) is 4. The second-order valence-electron chi connectivity index (χ2n) is 10.2. The van der Waals surface area contributed by atoms with Gasteiger partial charge in [0.05, 0.1) is 18.6 Å². The maximum Gasteiger partial charge on any atom is 0.408 e. The maximum atomic E-state index is 13.3. The van der Waals surface area contributed by atoms with Crippen LogP contribution in [-0.4, -0.2) is 66.1 Å². The number of rotatable bonds is 20. The van der Waals surface area contributed by atoms with Gasteiger partial charge in [0.1, 0.15) is 19.3 Å². The van der Waals surface area contributed by atoms with Crippen molar-refractivity contribution in [2.24, 2.45) is 5.92 Å². The molecule has 2 aromatic carbocycles. The van der Waals surface area contributed by atoms with Crippen molar-refractivity contribution in [2.45, 2.75) is 56.7 Å². The fourth-order valence-electron chi connectivity index (χ4n) is 4.00. The molecule has 3 amide bonds. The van der Waals surface area contributed by atoms with Gasteiger partial charge in [-0.25, -0.2) is 9.59 Å². The van der Waals surface area contributed by atoms with Crippen LogP contribution in [0.5, 0.6) is 0 Å². The number of allylic oxidation sites excluding steroid dienone is 1. The molecular formula is C33H43N3O7S. The first kappa shape index (κ1) is 36.1. The van der Waals surface area contributed by atoms with Gasteiger partial charge in [0.25, 0.3) is 0 Å². The molecule has 0 saturated carbocycles. The molecule has 10 nitrogen and oxygen atoms in total. The summed E-state index contributed by atoms with van der Waals surface area (Å²) in [7, 11) is 0. The Balaban J connectivity index is 2.03. The van der Waals surface area contributed by atoms with Crippen LogP contribution in [-0.2, 0) is 36.2 Å². The minimum absolute atomic E-state index is 0.0398. The van der Waals surface area contributed by atoms with Crippen molar-refractivity contribution in [3.8, 4) is 0 Å². The van der Waals surface area contributed by atoms with Crippen LogP contribution in [0.3, 0.4) is 0 Å². The first-order chi connectivity index (χ1) is 21.2. The van der Waals surface area contributed by atoms with Gasteiger partial charge in [0.15, 0.2) is 0 Å². The van der Waals surface area contributed by atoms with Gasteiger partial charge < -0.3 is 30.5 Å². The normalized spacial score (nSPS) is 13.3. The Bertz CT molecular complexity index is 1200. The van der Waals surface area contributed by atoms with E-state index in [1.54, 1.807) is 24.8 Å². The second kappa shape index (κ2) is 20.8. The smallest absolute Gasteiger partial charge is 0.408 e. The molecule has 0 aliphatic rings. The molecule has 2 rings (SSSR count). The van der Waals surface area contributed by atoms with Crippen molar-refractivity contribution >= 4 is 35.6 Å². The molecule has 2 aromatic rings. The highest BCUT2D eigenvalue weighted by molar-refractivity contribution is 7.98. The summed E-state index contributed by atoms with van der Waals surface area (Å²) in [6.45, 7) is 8.68. The number of carbonyl (C=O) groups excluding carboxylic acids is 4. The van der Waals surface area contributed by atoms with Crippen LogP contribution in [0, 0.1) is 5.92 Å². The van der Waals surface area contributed by atoms with Gasteiger partial charge in [-0.2, -0.15) is 11.8 Å². The van der Waals surface area contributed by atoms with Gasteiger partial charge in [-0.05, 0) is 30.9 Å². The summed E-state index contributed by atoms with van der Waals surface area (Å²) in [4.78, 5) is 51.1. The van der Waals surface area contributed by atoms with E-state index >= 15 is 0 Å². The highest BCUT2D eigenvalue weighted by Crippen LogP contribution is 2.16. The van der Waals surface area contributed by atoms with Gasteiger partial charge in [-0.3, -0.25) is 9.59 Å². The molecule has 4 N–H and O–H groups in total. The predicted octanol–water partition coefficient (Wildman–Crippen LogP) is 3.90. The van der Waals surface area contributed by atoms with Crippen molar-refractivity contribution in [3.63, 3.8) is 0 Å². The van der Waals surface area contributed by atoms with Crippen LogP contribution < -0.4 is 16.0 Å². The Hall–Kier alpha value is -4.09. The van der Waals surface area contributed by atoms with Crippen molar-refractivity contribution in [2.75, 3.05) is 19.0 Å². The first-order valence-corrected chi connectivity index (χ1v) is 15.6. The van der Waals surface area contributed by atoms with E-state index in [-0.39, 0.29) is 50.9 Å². The molecule has 11 heteroatoms. The standard InChI is InChI=1S/C33H43N3O7S/c1-4-12-27(18-30(38)34-24(3)19-37)31(39)35-28(23-44-22-26-16-10-7-11-17-26)21-42-32(40)29(13-5-2)36-33(41)43-20-25-14-8-6-9-15-25/h4-11,14-17,24,27-29,37H,1-2,12-13,18-23H2,3H3,(H,34,38)(H,35,39)(H,36,41)/t24-,27+,28-,29-/m1/s1. The summed E-state index contributed by atoms with van der Waals surface area (Å²) in [5.74, 6) is -1.07. The third-order valence-electron chi connectivity index (χ3n) is 6.33. The van der Waals surface area contributed by atoms with Crippen molar-refractivity contribution < 1.29 is 33.8 Å². The summed E-state index contributed by atoms with van der Waals surface area (Å²) < 4.78 is 10.8. The topological polar surface area (TPSA) is 143 Å². The van der Waals surface area contributed by atoms with Gasteiger partial charge in [0, 0.05) is 24.0 Å². The molecule has 238 valence electrons. The Kier molecular flexibility index (Phi) is 17.0. The largest absolute Gasteiger partial charge is 0.462 e. The lowest BCUT2D eigenvalue weighted by atomic mass is 9.99. The molecule has 0 heterocycles. The number of ether oxygens (including phenoxy) is 2. The minimum Gasteiger partial charge on any atom is -0.462 e. The lowest BCUT2D eigenvalue weighted by Crippen LogP contribution is -2.47. The molecule has 4 atom stereocenters. The van der Waals surface area contributed by atoms with E-state index in [1.807, 2.05) is 60.7 Å². The molecule has 0 aliphatic carbocycles. The fourth-order valence-corrected chi connectivity index (χ4v) is 5.01. The molecule has 0 saturated heterocycles. The van der Waals surface area contributed by atoms with Gasteiger partial charge in [-0.1, -0.05) is 72.8 Å².